The molecule has 0 amide bonds. The van der Waals surface area contributed by atoms with E-state index >= 15 is 0 Å². The number of aromatic nitrogens is 2. The van der Waals surface area contributed by atoms with Crippen molar-refractivity contribution in [2.45, 2.75) is 26.7 Å². The molecule has 126 valence electrons. The Kier molecular flexibility index (Phi) is 4.59. The number of nitrogens with one attached hydrogen (secondary N) is 1. The fourth-order valence-corrected chi connectivity index (χ4v) is 2.90. The van der Waals surface area contributed by atoms with Crippen molar-refractivity contribution in [3.63, 3.8) is 0 Å². The Hall–Kier alpha value is -2.70. The normalized spacial score (nSPS) is 13.2. The summed E-state index contributed by atoms with van der Waals surface area (Å²) in [5, 5.41) is 14.8. The summed E-state index contributed by atoms with van der Waals surface area (Å²) in [7, 11) is 0. The van der Waals surface area contributed by atoms with Gasteiger partial charge in [-0.2, -0.15) is 0 Å². The lowest BCUT2D eigenvalue weighted by Gasteiger charge is -2.19. The number of nitrogens with zero attached hydrogens (tertiary/aromatic N) is 4. The lowest BCUT2D eigenvalue weighted by atomic mass is 10.1. The van der Waals surface area contributed by atoms with E-state index in [-0.39, 0.29) is 11.5 Å². The van der Waals surface area contributed by atoms with Gasteiger partial charge in [0.15, 0.2) is 0 Å². The standard InChI is InChI=1S/C17H21N5O2/c1-12(2)7-9-18-16-15(22(23)24)17(20-11-19-16)21-10-8-13-5-3-4-6-14(13)21/h3-6,11-12H,7-10H2,1-2H3,(H,18,19,20). The van der Waals surface area contributed by atoms with Crippen LogP contribution in [0.15, 0.2) is 30.6 Å². The molecule has 1 N–H and O–H groups in total. The van der Waals surface area contributed by atoms with Crippen LogP contribution in [0.2, 0.25) is 0 Å². The molecule has 1 aromatic heterocycles. The second-order valence-corrected chi connectivity index (χ2v) is 6.29. The highest BCUT2D eigenvalue weighted by molar-refractivity contribution is 5.78. The summed E-state index contributed by atoms with van der Waals surface area (Å²) in [4.78, 5) is 21.5. The van der Waals surface area contributed by atoms with Gasteiger partial charge in [0.05, 0.1) is 4.92 Å². The summed E-state index contributed by atoms with van der Waals surface area (Å²) in [5.41, 5.74) is 2.10. The molecular formula is C17H21N5O2. The number of anilines is 3. The van der Waals surface area contributed by atoms with Gasteiger partial charge in [-0.1, -0.05) is 32.0 Å². The van der Waals surface area contributed by atoms with Gasteiger partial charge < -0.3 is 10.2 Å². The van der Waals surface area contributed by atoms with Crippen molar-refractivity contribution in [2.24, 2.45) is 5.92 Å². The summed E-state index contributed by atoms with van der Waals surface area (Å²) in [5.74, 6) is 1.16. The van der Waals surface area contributed by atoms with Gasteiger partial charge in [0.2, 0.25) is 11.6 Å². The molecule has 24 heavy (non-hydrogen) atoms. The average molecular weight is 327 g/mol. The third-order valence-electron chi connectivity index (χ3n) is 4.14. The molecule has 0 saturated carbocycles. The zero-order valence-electron chi connectivity index (χ0n) is 13.9. The van der Waals surface area contributed by atoms with Crippen LogP contribution in [0.25, 0.3) is 0 Å². The summed E-state index contributed by atoms with van der Waals surface area (Å²) in [6.45, 7) is 5.56. The Morgan fingerprint density at radius 2 is 2.12 bits per heavy atom. The molecule has 1 aromatic carbocycles. The zero-order chi connectivity index (χ0) is 17.1. The molecule has 0 bridgehead atoms. The van der Waals surface area contributed by atoms with Gasteiger partial charge in [0.1, 0.15) is 6.33 Å². The monoisotopic (exact) mass is 327 g/mol. The number of hydrogen-bond acceptors (Lipinski definition) is 6. The Morgan fingerprint density at radius 1 is 1.33 bits per heavy atom. The summed E-state index contributed by atoms with van der Waals surface area (Å²) >= 11 is 0. The molecule has 7 heteroatoms. The molecule has 0 radical (unpaired) electrons. The first kappa shape index (κ1) is 16.2. The minimum Gasteiger partial charge on any atom is -0.364 e. The van der Waals surface area contributed by atoms with Crippen LogP contribution in [0, 0.1) is 16.0 Å². The molecule has 0 fully saturated rings. The second kappa shape index (κ2) is 6.82. The van der Waals surface area contributed by atoms with E-state index in [2.05, 4.69) is 29.1 Å². The number of hydrogen-bond donors (Lipinski definition) is 1. The fraction of sp³-hybridized carbons (Fsp3) is 0.412. The molecule has 1 aliphatic heterocycles. The zero-order valence-corrected chi connectivity index (χ0v) is 13.9. The van der Waals surface area contributed by atoms with Crippen molar-refractivity contribution < 1.29 is 4.92 Å². The van der Waals surface area contributed by atoms with Gasteiger partial charge in [0.25, 0.3) is 0 Å². The van der Waals surface area contributed by atoms with Crippen molar-refractivity contribution in [2.75, 3.05) is 23.3 Å². The predicted molar refractivity (Wildman–Crippen MR) is 93.8 cm³/mol. The minimum atomic E-state index is -0.395. The maximum Gasteiger partial charge on any atom is 0.353 e. The third-order valence-corrected chi connectivity index (χ3v) is 4.14. The number of nitro groups is 1. The van der Waals surface area contributed by atoms with E-state index in [4.69, 9.17) is 0 Å². The Morgan fingerprint density at radius 3 is 2.88 bits per heavy atom. The molecule has 0 atom stereocenters. The predicted octanol–water partition coefficient (Wildman–Crippen LogP) is 3.54. The first-order valence-corrected chi connectivity index (χ1v) is 8.16. The Balaban J connectivity index is 1.95. The summed E-state index contributed by atoms with van der Waals surface area (Å²) in [6, 6.07) is 7.94. The fourth-order valence-electron chi connectivity index (χ4n) is 2.90. The quantitative estimate of drug-likeness (QED) is 0.645. The molecule has 2 aromatic rings. The molecule has 2 heterocycles. The topological polar surface area (TPSA) is 84.2 Å². The third kappa shape index (κ3) is 3.15. The van der Waals surface area contributed by atoms with Crippen LogP contribution in [0.3, 0.4) is 0 Å². The highest BCUT2D eigenvalue weighted by atomic mass is 16.6. The van der Waals surface area contributed by atoms with Crippen LogP contribution in [0.4, 0.5) is 23.0 Å². The van der Waals surface area contributed by atoms with Crippen LogP contribution in [0.1, 0.15) is 25.8 Å². The van der Waals surface area contributed by atoms with Crippen molar-refractivity contribution in [1.82, 2.24) is 9.97 Å². The van der Waals surface area contributed by atoms with E-state index in [0.29, 0.717) is 24.8 Å². The number of fused-ring (bicyclic) bond motifs is 1. The van der Waals surface area contributed by atoms with Crippen molar-refractivity contribution in [3.05, 3.63) is 46.3 Å². The van der Waals surface area contributed by atoms with Crippen molar-refractivity contribution >= 4 is 23.0 Å². The molecule has 3 rings (SSSR count). The SMILES string of the molecule is CC(C)CCNc1ncnc(N2CCc3ccccc32)c1[N+](=O)[O-]. The molecular weight excluding hydrogens is 306 g/mol. The van der Waals surface area contributed by atoms with E-state index < -0.39 is 4.92 Å². The lowest BCUT2D eigenvalue weighted by Crippen LogP contribution is -2.18. The number of benzene rings is 1. The van der Waals surface area contributed by atoms with Crippen LogP contribution >= 0.6 is 0 Å². The highest BCUT2D eigenvalue weighted by Crippen LogP contribution is 2.40. The largest absolute Gasteiger partial charge is 0.364 e. The van der Waals surface area contributed by atoms with Gasteiger partial charge in [0, 0.05) is 18.8 Å². The van der Waals surface area contributed by atoms with Gasteiger partial charge in [-0.25, -0.2) is 9.97 Å². The van der Waals surface area contributed by atoms with Crippen molar-refractivity contribution in [3.8, 4) is 0 Å². The Bertz CT molecular complexity index is 748. The molecule has 7 nitrogen and oxygen atoms in total. The van der Waals surface area contributed by atoms with E-state index in [1.54, 1.807) is 0 Å². The molecule has 0 aliphatic carbocycles. The molecule has 0 spiro atoms. The van der Waals surface area contributed by atoms with E-state index in [0.717, 1.165) is 18.5 Å². The number of rotatable bonds is 6. The van der Waals surface area contributed by atoms with Gasteiger partial charge in [-0.3, -0.25) is 10.1 Å². The first-order chi connectivity index (χ1) is 11.6. The second-order valence-electron chi connectivity index (χ2n) is 6.29. The number of para-hydroxylation sites is 1. The average Bonchev–Trinajstić information content (AvgIpc) is 2.98. The van der Waals surface area contributed by atoms with Crippen molar-refractivity contribution in [1.29, 1.82) is 0 Å². The van der Waals surface area contributed by atoms with Gasteiger partial charge >= 0.3 is 5.69 Å². The maximum atomic E-state index is 11.7. The smallest absolute Gasteiger partial charge is 0.353 e. The van der Waals surface area contributed by atoms with E-state index in [1.807, 2.05) is 29.2 Å². The first-order valence-electron chi connectivity index (χ1n) is 8.16. The molecule has 0 unspecified atom stereocenters. The minimum absolute atomic E-state index is 0.0574. The molecule has 1 aliphatic rings. The lowest BCUT2D eigenvalue weighted by molar-refractivity contribution is -0.383. The summed E-state index contributed by atoms with van der Waals surface area (Å²) in [6.07, 6.45) is 3.16. The van der Waals surface area contributed by atoms with Crippen LogP contribution in [0.5, 0.6) is 0 Å². The van der Waals surface area contributed by atoms with Crippen LogP contribution in [-0.4, -0.2) is 28.0 Å². The Labute approximate surface area is 140 Å². The van der Waals surface area contributed by atoms with Crippen LogP contribution < -0.4 is 10.2 Å². The van der Waals surface area contributed by atoms with Gasteiger partial charge in [-0.05, 0) is 30.4 Å². The molecule has 0 saturated heterocycles. The van der Waals surface area contributed by atoms with Crippen LogP contribution in [-0.2, 0) is 6.42 Å². The highest BCUT2D eigenvalue weighted by Gasteiger charge is 2.31. The van der Waals surface area contributed by atoms with E-state index in [1.165, 1.54) is 11.9 Å². The summed E-state index contributed by atoms with van der Waals surface area (Å²) < 4.78 is 0. The maximum absolute atomic E-state index is 11.7. The van der Waals surface area contributed by atoms with E-state index in [9.17, 15) is 10.1 Å². The van der Waals surface area contributed by atoms with Gasteiger partial charge in [-0.15, -0.1) is 0 Å².